The summed E-state index contributed by atoms with van der Waals surface area (Å²) in [7, 11) is 2.04. The van der Waals surface area contributed by atoms with Crippen LogP contribution < -0.4 is 5.32 Å². The lowest BCUT2D eigenvalue weighted by atomic mass is 10.0. The Bertz CT molecular complexity index is 713. The second-order valence-corrected chi connectivity index (χ2v) is 6.19. The summed E-state index contributed by atoms with van der Waals surface area (Å²) in [6.07, 6.45) is 3.11. The third-order valence-electron chi connectivity index (χ3n) is 4.39. The molecular weight excluding hydrogens is 316 g/mol. The summed E-state index contributed by atoms with van der Waals surface area (Å²) < 4.78 is 0. The van der Waals surface area contributed by atoms with E-state index in [2.05, 4.69) is 15.2 Å². The number of pyridine rings is 1. The van der Waals surface area contributed by atoms with Gasteiger partial charge in [0.25, 0.3) is 5.91 Å². The Kier molecular flexibility index (Phi) is 5.40. The Morgan fingerprint density at radius 3 is 2.40 bits per heavy atom. The lowest BCUT2D eigenvalue weighted by Gasteiger charge is -2.34. The minimum absolute atomic E-state index is 0.0726. The largest absolute Gasteiger partial charge is 0.338 e. The van der Waals surface area contributed by atoms with Crippen molar-refractivity contribution < 1.29 is 9.59 Å². The van der Waals surface area contributed by atoms with Gasteiger partial charge < -0.3 is 15.1 Å². The molecule has 0 spiro atoms. The number of nitrogens with one attached hydrogen (secondary N) is 1. The SMILES string of the molecule is CN1CCN(C(=O)[C@@H](NC(=O)c2cccnc2)c2ccccc2)CC1. The minimum atomic E-state index is -0.697. The first kappa shape index (κ1) is 17.1. The summed E-state index contributed by atoms with van der Waals surface area (Å²) in [5, 5.41) is 2.87. The minimum Gasteiger partial charge on any atom is -0.338 e. The average Bonchev–Trinajstić information content (AvgIpc) is 2.67. The Labute approximate surface area is 147 Å². The molecule has 2 heterocycles. The van der Waals surface area contributed by atoms with E-state index in [1.807, 2.05) is 42.3 Å². The molecule has 6 nitrogen and oxygen atoms in total. The average molecular weight is 338 g/mol. The molecule has 130 valence electrons. The van der Waals surface area contributed by atoms with E-state index in [9.17, 15) is 9.59 Å². The molecular formula is C19H22N4O2. The molecule has 1 aromatic heterocycles. The van der Waals surface area contributed by atoms with Crippen LogP contribution in [0.5, 0.6) is 0 Å². The quantitative estimate of drug-likeness (QED) is 0.913. The van der Waals surface area contributed by atoms with E-state index >= 15 is 0 Å². The van der Waals surface area contributed by atoms with Crippen molar-refractivity contribution in [1.82, 2.24) is 20.1 Å². The fraction of sp³-hybridized carbons (Fsp3) is 0.316. The number of aromatic nitrogens is 1. The zero-order chi connectivity index (χ0) is 17.6. The molecule has 2 amide bonds. The van der Waals surface area contributed by atoms with E-state index in [0.717, 1.165) is 18.7 Å². The van der Waals surface area contributed by atoms with Crippen LogP contribution in [0.15, 0.2) is 54.9 Å². The Hall–Kier alpha value is -2.73. The lowest BCUT2D eigenvalue weighted by Crippen LogP contribution is -2.51. The fourth-order valence-corrected chi connectivity index (χ4v) is 2.85. The smallest absolute Gasteiger partial charge is 0.253 e. The van der Waals surface area contributed by atoms with Gasteiger partial charge in [0.15, 0.2) is 0 Å². The van der Waals surface area contributed by atoms with E-state index in [0.29, 0.717) is 18.7 Å². The molecule has 1 aromatic carbocycles. The zero-order valence-electron chi connectivity index (χ0n) is 14.3. The summed E-state index contributed by atoms with van der Waals surface area (Å²) in [5.74, 6) is -0.374. The number of rotatable bonds is 4. The molecule has 0 bridgehead atoms. The number of piperazine rings is 1. The number of hydrogen-bond acceptors (Lipinski definition) is 4. The van der Waals surface area contributed by atoms with Gasteiger partial charge in [0.05, 0.1) is 5.56 Å². The van der Waals surface area contributed by atoms with E-state index in [4.69, 9.17) is 0 Å². The van der Waals surface area contributed by atoms with Gasteiger partial charge in [0.2, 0.25) is 5.91 Å². The van der Waals surface area contributed by atoms with Crippen molar-refractivity contribution in [2.24, 2.45) is 0 Å². The summed E-state index contributed by atoms with van der Waals surface area (Å²) in [6, 6.07) is 12.1. The lowest BCUT2D eigenvalue weighted by molar-refractivity contribution is -0.135. The van der Waals surface area contributed by atoms with Crippen molar-refractivity contribution in [2.75, 3.05) is 33.2 Å². The van der Waals surface area contributed by atoms with Gasteiger partial charge in [-0.15, -0.1) is 0 Å². The third-order valence-corrected chi connectivity index (χ3v) is 4.39. The molecule has 0 radical (unpaired) electrons. The number of hydrogen-bond donors (Lipinski definition) is 1. The van der Waals surface area contributed by atoms with Crippen LogP contribution in [0.1, 0.15) is 22.0 Å². The van der Waals surface area contributed by atoms with Crippen molar-refractivity contribution in [3.05, 3.63) is 66.0 Å². The maximum absolute atomic E-state index is 13.0. The van der Waals surface area contributed by atoms with Crippen LogP contribution in [0.2, 0.25) is 0 Å². The summed E-state index contributed by atoms with van der Waals surface area (Å²) >= 11 is 0. The summed E-state index contributed by atoms with van der Waals surface area (Å²) in [5.41, 5.74) is 1.22. The molecule has 1 N–H and O–H groups in total. The van der Waals surface area contributed by atoms with E-state index in [1.165, 1.54) is 6.20 Å². The first-order valence-corrected chi connectivity index (χ1v) is 8.38. The second-order valence-electron chi connectivity index (χ2n) is 6.19. The van der Waals surface area contributed by atoms with Crippen LogP contribution >= 0.6 is 0 Å². The van der Waals surface area contributed by atoms with Crippen LogP contribution in [0, 0.1) is 0 Å². The topological polar surface area (TPSA) is 65.5 Å². The van der Waals surface area contributed by atoms with Gasteiger partial charge in [-0.3, -0.25) is 14.6 Å². The van der Waals surface area contributed by atoms with Crippen LogP contribution in [0.4, 0.5) is 0 Å². The molecule has 1 saturated heterocycles. The Morgan fingerprint density at radius 2 is 1.76 bits per heavy atom. The monoisotopic (exact) mass is 338 g/mol. The maximum atomic E-state index is 13.0. The molecule has 1 aliphatic heterocycles. The van der Waals surface area contributed by atoms with Crippen molar-refractivity contribution in [3.8, 4) is 0 Å². The normalized spacial score (nSPS) is 16.3. The Morgan fingerprint density at radius 1 is 1.04 bits per heavy atom. The van der Waals surface area contributed by atoms with Crippen LogP contribution in [0.25, 0.3) is 0 Å². The highest BCUT2D eigenvalue weighted by Gasteiger charge is 2.29. The summed E-state index contributed by atoms with van der Waals surface area (Å²) in [6.45, 7) is 3.01. The third kappa shape index (κ3) is 4.22. The number of amides is 2. The van der Waals surface area contributed by atoms with Crippen molar-refractivity contribution in [1.29, 1.82) is 0 Å². The fourth-order valence-electron chi connectivity index (χ4n) is 2.85. The first-order valence-electron chi connectivity index (χ1n) is 8.38. The predicted octanol–water partition coefficient (Wildman–Crippen LogP) is 1.33. The van der Waals surface area contributed by atoms with E-state index < -0.39 is 6.04 Å². The van der Waals surface area contributed by atoms with E-state index in [-0.39, 0.29) is 11.8 Å². The molecule has 3 rings (SSSR count). The van der Waals surface area contributed by atoms with Gasteiger partial charge in [-0.2, -0.15) is 0 Å². The molecule has 1 fully saturated rings. The first-order chi connectivity index (χ1) is 12.1. The molecule has 6 heteroatoms. The second kappa shape index (κ2) is 7.90. The van der Waals surface area contributed by atoms with Gasteiger partial charge in [-0.25, -0.2) is 0 Å². The van der Waals surface area contributed by atoms with Gasteiger partial charge in [-0.05, 0) is 24.7 Å². The van der Waals surface area contributed by atoms with E-state index in [1.54, 1.807) is 18.3 Å². The van der Waals surface area contributed by atoms with Crippen molar-refractivity contribution >= 4 is 11.8 Å². The van der Waals surface area contributed by atoms with Gasteiger partial charge >= 0.3 is 0 Å². The molecule has 2 aromatic rings. The summed E-state index contributed by atoms with van der Waals surface area (Å²) in [4.78, 5) is 33.6. The number of carbonyl (C=O) groups excluding carboxylic acids is 2. The number of likely N-dealkylation sites (N-methyl/N-ethyl adjacent to an activating group) is 1. The number of benzene rings is 1. The van der Waals surface area contributed by atoms with Crippen LogP contribution in [-0.2, 0) is 4.79 Å². The predicted molar refractivity (Wildman–Crippen MR) is 95.0 cm³/mol. The highest BCUT2D eigenvalue weighted by atomic mass is 16.2. The molecule has 1 aliphatic rings. The zero-order valence-corrected chi connectivity index (χ0v) is 14.3. The van der Waals surface area contributed by atoms with Gasteiger partial charge in [0, 0.05) is 38.6 Å². The standard InChI is InChI=1S/C19H22N4O2/c1-22-10-12-23(13-11-22)19(25)17(15-6-3-2-4-7-15)21-18(24)16-8-5-9-20-14-16/h2-9,14,17H,10-13H2,1H3,(H,21,24)/t17-/m0/s1. The highest BCUT2D eigenvalue weighted by molar-refractivity contribution is 5.97. The number of carbonyl (C=O) groups is 2. The van der Waals surface area contributed by atoms with Crippen LogP contribution in [-0.4, -0.2) is 59.8 Å². The molecule has 0 aliphatic carbocycles. The van der Waals surface area contributed by atoms with Crippen LogP contribution in [0.3, 0.4) is 0 Å². The molecule has 25 heavy (non-hydrogen) atoms. The Balaban J connectivity index is 1.80. The maximum Gasteiger partial charge on any atom is 0.253 e. The highest BCUT2D eigenvalue weighted by Crippen LogP contribution is 2.18. The van der Waals surface area contributed by atoms with Gasteiger partial charge in [-0.1, -0.05) is 30.3 Å². The van der Waals surface area contributed by atoms with Crippen molar-refractivity contribution in [3.63, 3.8) is 0 Å². The molecule has 0 unspecified atom stereocenters. The van der Waals surface area contributed by atoms with Crippen molar-refractivity contribution in [2.45, 2.75) is 6.04 Å². The molecule has 0 saturated carbocycles. The molecule has 1 atom stereocenters. The number of nitrogens with zero attached hydrogens (tertiary/aromatic N) is 3. The van der Waals surface area contributed by atoms with Gasteiger partial charge in [0.1, 0.15) is 6.04 Å².